The van der Waals surface area contributed by atoms with Gasteiger partial charge in [-0.2, -0.15) is 0 Å². The maximum atomic E-state index is 6.14. The van der Waals surface area contributed by atoms with Gasteiger partial charge in [-0.3, -0.25) is 4.99 Å². The van der Waals surface area contributed by atoms with Gasteiger partial charge in [0.05, 0.1) is 6.04 Å². The van der Waals surface area contributed by atoms with Crippen LogP contribution in [0.3, 0.4) is 0 Å². The molecule has 0 spiro atoms. The van der Waals surface area contributed by atoms with Crippen molar-refractivity contribution in [3.8, 4) is 5.75 Å². The molecule has 0 radical (unpaired) electrons. The number of aliphatic imine (C=N–C) groups is 1. The summed E-state index contributed by atoms with van der Waals surface area (Å²) in [6.45, 7) is 8.88. The largest absolute Gasteiger partial charge is 0.487 e. The second kappa shape index (κ2) is 12.0. The van der Waals surface area contributed by atoms with E-state index in [9.17, 15) is 0 Å². The Morgan fingerprint density at radius 2 is 1.97 bits per heavy atom. The SMILES string of the molecule is CCNC(=NCCCCNc1ccccn1)NC1CC(C)(C)Oc2ccccc21.I. The molecule has 7 heteroatoms. The Hall–Kier alpha value is -2.03. The second-order valence-corrected chi connectivity index (χ2v) is 7.91. The van der Waals surface area contributed by atoms with Crippen molar-refractivity contribution in [2.45, 2.75) is 51.7 Å². The quantitative estimate of drug-likeness (QED) is 0.202. The topological polar surface area (TPSA) is 70.6 Å². The lowest BCUT2D eigenvalue weighted by Crippen LogP contribution is -2.45. The molecule has 1 aliphatic rings. The molecule has 0 aliphatic carbocycles. The van der Waals surface area contributed by atoms with Crippen LogP contribution in [-0.4, -0.2) is 36.2 Å². The number of guanidine groups is 1. The molecule has 3 rings (SSSR count). The summed E-state index contributed by atoms with van der Waals surface area (Å²) in [4.78, 5) is 9.06. The van der Waals surface area contributed by atoms with Crippen molar-refractivity contribution in [1.82, 2.24) is 15.6 Å². The molecule has 2 aromatic rings. The predicted octanol–water partition coefficient (Wildman–Crippen LogP) is 4.75. The number of fused-ring (bicyclic) bond motifs is 1. The summed E-state index contributed by atoms with van der Waals surface area (Å²) < 4.78 is 6.14. The molecule has 30 heavy (non-hydrogen) atoms. The molecular weight excluding hydrogens is 489 g/mol. The zero-order valence-corrected chi connectivity index (χ0v) is 20.5. The number of unbranched alkanes of at least 4 members (excludes halogenated alkanes) is 1. The van der Waals surface area contributed by atoms with Crippen LogP contribution in [0.2, 0.25) is 0 Å². The van der Waals surface area contributed by atoms with Crippen LogP contribution >= 0.6 is 24.0 Å². The van der Waals surface area contributed by atoms with Gasteiger partial charge in [0.25, 0.3) is 0 Å². The highest BCUT2D eigenvalue weighted by Crippen LogP contribution is 2.39. The van der Waals surface area contributed by atoms with Crippen LogP contribution in [0.5, 0.6) is 5.75 Å². The van der Waals surface area contributed by atoms with E-state index in [0.717, 1.165) is 56.4 Å². The summed E-state index contributed by atoms with van der Waals surface area (Å²) in [7, 11) is 0. The molecule has 1 atom stereocenters. The molecule has 2 heterocycles. The number of pyridine rings is 1. The molecule has 3 N–H and O–H groups in total. The highest BCUT2D eigenvalue weighted by molar-refractivity contribution is 14.0. The van der Waals surface area contributed by atoms with Gasteiger partial charge in [0.1, 0.15) is 17.2 Å². The van der Waals surface area contributed by atoms with E-state index < -0.39 is 0 Å². The number of ether oxygens (including phenoxy) is 1. The number of nitrogens with one attached hydrogen (secondary N) is 3. The highest BCUT2D eigenvalue weighted by Gasteiger charge is 2.33. The number of rotatable bonds is 8. The van der Waals surface area contributed by atoms with Gasteiger partial charge in [-0.15, -0.1) is 24.0 Å². The zero-order valence-electron chi connectivity index (χ0n) is 18.1. The number of hydrogen-bond donors (Lipinski definition) is 3. The molecule has 164 valence electrons. The van der Waals surface area contributed by atoms with Crippen LogP contribution < -0.4 is 20.7 Å². The van der Waals surface area contributed by atoms with Crippen LogP contribution in [-0.2, 0) is 0 Å². The van der Waals surface area contributed by atoms with E-state index in [1.165, 1.54) is 5.56 Å². The first-order chi connectivity index (χ1) is 14.1. The van der Waals surface area contributed by atoms with E-state index in [1.54, 1.807) is 6.20 Å². The average molecular weight is 523 g/mol. The number of aromatic nitrogens is 1. The smallest absolute Gasteiger partial charge is 0.191 e. The number of benzene rings is 1. The van der Waals surface area contributed by atoms with Crippen molar-refractivity contribution in [2.24, 2.45) is 4.99 Å². The van der Waals surface area contributed by atoms with Gasteiger partial charge < -0.3 is 20.7 Å². The summed E-state index contributed by atoms with van der Waals surface area (Å²) in [5.41, 5.74) is 0.984. The molecular formula is C23H34IN5O. The molecule has 0 fully saturated rings. The molecule has 6 nitrogen and oxygen atoms in total. The molecule has 0 bridgehead atoms. The van der Waals surface area contributed by atoms with E-state index in [0.29, 0.717) is 0 Å². The first-order valence-electron chi connectivity index (χ1n) is 10.5. The van der Waals surface area contributed by atoms with Gasteiger partial charge in [0.15, 0.2) is 5.96 Å². The Balaban J connectivity index is 0.00000320. The van der Waals surface area contributed by atoms with E-state index >= 15 is 0 Å². The maximum Gasteiger partial charge on any atom is 0.191 e. The number of halogens is 1. The number of para-hydroxylation sites is 1. The Morgan fingerprint density at radius 3 is 2.73 bits per heavy atom. The Morgan fingerprint density at radius 1 is 1.17 bits per heavy atom. The predicted molar refractivity (Wildman–Crippen MR) is 135 cm³/mol. The second-order valence-electron chi connectivity index (χ2n) is 7.91. The van der Waals surface area contributed by atoms with Gasteiger partial charge in [-0.05, 0) is 51.8 Å². The third-order valence-electron chi connectivity index (χ3n) is 4.86. The van der Waals surface area contributed by atoms with Crippen LogP contribution in [0.4, 0.5) is 5.82 Å². The molecule has 1 aromatic heterocycles. The van der Waals surface area contributed by atoms with E-state index in [1.807, 2.05) is 30.3 Å². The van der Waals surface area contributed by atoms with Gasteiger partial charge in [0, 0.05) is 37.8 Å². The molecule has 0 amide bonds. The Kier molecular flexibility index (Phi) is 9.68. The summed E-state index contributed by atoms with van der Waals surface area (Å²) >= 11 is 0. The summed E-state index contributed by atoms with van der Waals surface area (Å²) in [5.74, 6) is 2.74. The number of nitrogens with zero attached hydrogens (tertiary/aromatic N) is 2. The van der Waals surface area contributed by atoms with Crippen LogP contribution in [0.25, 0.3) is 0 Å². The average Bonchev–Trinajstić information content (AvgIpc) is 2.70. The zero-order chi connectivity index (χ0) is 20.5. The molecule has 0 saturated carbocycles. The molecule has 1 aromatic carbocycles. The highest BCUT2D eigenvalue weighted by atomic mass is 127. The minimum Gasteiger partial charge on any atom is -0.487 e. The van der Waals surface area contributed by atoms with Crippen molar-refractivity contribution >= 4 is 35.8 Å². The molecule has 0 saturated heterocycles. The summed E-state index contributed by atoms with van der Waals surface area (Å²) in [6, 6.07) is 14.3. The fourth-order valence-corrected chi connectivity index (χ4v) is 3.53. The third-order valence-corrected chi connectivity index (χ3v) is 4.86. The van der Waals surface area contributed by atoms with Crippen molar-refractivity contribution < 1.29 is 4.74 Å². The number of anilines is 1. The van der Waals surface area contributed by atoms with Gasteiger partial charge in [-0.25, -0.2) is 4.98 Å². The van der Waals surface area contributed by atoms with E-state index in [2.05, 4.69) is 53.8 Å². The normalized spacial score (nSPS) is 17.2. The summed E-state index contributed by atoms with van der Waals surface area (Å²) in [5, 5.41) is 10.3. The molecule has 1 unspecified atom stereocenters. The fraction of sp³-hybridized carbons (Fsp3) is 0.478. The van der Waals surface area contributed by atoms with Crippen molar-refractivity contribution in [2.75, 3.05) is 25.0 Å². The third kappa shape index (κ3) is 7.34. The summed E-state index contributed by atoms with van der Waals surface area (Å²) in [6.07, 6.45) is 4.76. The van der Waals surface area contributed by atoms with Crippen LogP contribution in [0, 0.1) is 0 Å². The minimum atomic E-state index is -0.208. The fourth-order valence-electron chi connectivity index (χ4n) is 3.53. The van der Waals surface area contributed by atoms with E-state index in [-0.39, 0.29) is 35.6 Å². The Bertz CT molecular complexity index is 797. The molecule has 1 aliphatic heterocycles. The standard InChI is InChI=1S/C23H33N5O.HI/c1-4-24-22(27-16-10-9-15-26-21-13-7-8-14-25-21)28-19-17-23(2,3)29-20-12-6-5-11-18(19)20;/h5-8,11-14,19H,4,9-10,15-17H2,1-3H3,(H,25,26)(H2,24,27,28);1H. The number of hydrogen-bond acceptors (Lipinski definition) is 4. The van der Waals surface area contributed by atoms with Gasteiger partial charge in [0.2, 0.25) is 0 Å². The van der Waals surface area contributed by atoms with Crippen molar-refractivity contribution in [3.63, 3.8) is 0 Å². The lowest BCUT2D eigenvalue weighted by molar-refractivity contribution is 0.0694. The Labute approximate surface area is 197 Å². The lowest BCUT2D eigenvalue weighted by atomic mass is 9.90. The minimum absolute atomic E-state index is 0. The van der Waals surface area contributed by atoms with Crippen molar-refractivity contribution in [1.29, 1.82) is 0 Å². The maximum absolute atomic E-state index is 6.14. The van der Waals surface area contributed by atoms with Gasteiger partial charge in [-0.1, -0.05) is 24.3 Å². The van der Waals surface area contributed by atoms with Crippen LogP contribution in [0.1, 0.15) is 51.6 Å². The monoisotopic (exact) mass is 523 g/mol. The lowest BCUT2D eigenvalue weighted by Gasteiger charge is -2.38. The van der Waals surface area contributed by atoms with Crippen molar-refractivity contribution in [3.05, 3.63) is 54.2 Å². The van der Waals surface area contributed by atoms with Crippen LogP contribution in [0.15, 0.2) is 53.7 Å². The first-order valence-corrected chi connectivity index (χ1v) is 10.5. The van der Waals surface area contributed by atoms with E-state index in [4.69, 9.17) is 9.73 Å². The van der Waals surface area contributed by atoms with Gasteiger partial charge >= 0.3 is 0 Å². The first kappa shape index (κ1) is 24.2.